The number of aliphatic hydroxyl groups excluding tert-OH is 1. The lowest BCUT2D eigenvalue weighted by Crippen LogP contribution is -2.05. The van der Waals surface area contributed by atoms with Crippen molar-refractivity contribution in [3.8, 4) is 5.75 Å². The zero-order valence-electron chi connectivity index (χ0n) is 8.35. The molecule has 0 amide bonds. The molecule has 84 valence electrons. The van der Waals surface area contributed by atoms with Crippen LogP contribution < -0.4 is 4.74 Å². The van der Waals surface area contributed by atoms with Gasteiger partial charge >= 0.3 is 0 Å². The lowest BCUT2D eigenvalue weighted by molar-refractivity contribution is 0.268. The molecule has 1 atom stereocenters. The maximum atomic E-state index is 13.4. The second kappa shape index (κ2) is 4.77. The smallest absolute Gasteiger partial charge is 0.202 e. The number of halogens is 3. The molecule has 0 aliphatic rings. The van der Waals surface area contributed by atoms with Crippen LogP contribution in [-0.2, 0) is 0 Å². The van der Waals surface area contributed by atoms with E-state index in [1.807, 2.05) is 0 Å². The molecule has 0 aliphatic heterocycles. The minimum atomic E-state index is -1.14. The SMILES string of the molecule is COc1c(C(C)CO)cc(Cl)c(F)c1F. The van der Waals surface area contributed by atoms with E-state index in [4.69, 9.17) is 21.4 Å². The van der Waals surface area contributed by atoms with Gasteiger partial charge < -0.3 is 9.84 Å². The molecule has 0 aliphatic carbocycles. The van der Waals surface area contributed by atoms with E-state index in [-0.39, 0.29) is 23.3 Å². The molecule has 0 heterocycles. The fraction of sp³-hybridized carbons (Fsp3) is 0.400. The van der Waals surface area contributed by atoms with Crippen LogP contribution in [0.15, 0.2) is 6.07 Å². The average Bonchev–Trinajstić information content (AvgIpc) is 2.24. The maximum absolute atomic E-state index is 13.4. The van der Waals surface area contributed by atoms with Crippen molar-refractivity contribution in [2.75, 3.05) is 13.7 Å². The molecular weight excluding hydrogens is 226 g/mol. The molecule has 0 aromatic heterocycles. The topological polar surface area (TPSA) is 29.5 Å². The highest BCUT2D eigenvalue weighted by Crippen LogP contribution is 2.34. The van der Waals surface area contributed by atoms with Crippen molar-refractivity contribution in [3.63, 3.8) is 0 Å². The summed E-state index contributed by atoms with van der Waals surface area (Å²) in [5.41, 5.74) is 0.351. The molecule has 1 aromatic carbocycles. The minimum Gasteiger partial charge on any atom is -0.493 e. The number of benzene rings is 1. The van der Waals surface area contributed by atoms with Crippen molar-refractivity contribution in [3.05, 3.63) is 28.3 Å². The van der Waals surface area contributed by atoms with Gasteiger partial charge in [0.15, 0.2) is 11.6 Å². The van der Waals surface area contributed by atoms with Gasteiger partial charge in [-0.15, -0.1) is 0 Å². The molecular formula is C10H11ClF2O2. The zero-order valence-corrected chi connectivity index (χ0v) is 9.11. The first kappa shape index (κ1) is 12.2. The Morgan fingerprint density at radius 1 is 1.47 bits per heavy atom. The van der Waals surface area contributed by atoms with E-state index in [0.29, 0.717) is 5.56 Å². The molecule has 0 saturated carbocycles. The van der Waals surface area contributed by atoms with Crippen LogP contribution in [0.2, 0.25) is 5.02 Å². The van der Waals surface area contributed by atoms with Crippen LogP contribution in [0.5, 0.6) is 5.75 Å². The van der Waals surface area contributed by atoms with Gasteiger partial charge in [0.1, 0.15) is 0 Å². The van der Waals surface area contributed by atoms with Gasteiger partial charge in [-0.3, -0.25) is 0 Å². The van der Waals surface area contributed by atoms with Gasteiger partial charge in [0.05, 0.1) is 12.1 Å². The molecule has 0 fully saturated rings. The summed E-state index contributed by atoms with van der Waals surface area (Å²) in [4.78, 5) is 0. The summed E-state index contributed by atoms with van der Waals surface area (Å²) in [6, 6.07) is 1.26. The fourth-order valence-corrected chi connectivity index (χ4v) is 1.47. The standard InChI is InChI=1S/C10H11ClF2O2/c1-5(4-14)6-3-7(11)8(12)9(13)10(6)15-2/h3,5,14H,4H2,1-2H3. The van der Waals surface area contributed by atoms with Gasteiger partial charge in [0, 0.05) is 18.1 Å². The molecule has 1 aromatic rings. The molecule has 1 unspecified atom stereocenters. The molecule has 0 saturated heterocycles. The van der Waals surface area contributed by atoms with Crippen molar-refractivity contribution < 1.29 is 18.6 Å². The van der Waals surface area contributed by atoms with Crippen LogP contribution in [0, 0.1) is 11.6 Å². The Hall–Kier alpha value is -0.870. The van der Waals surface area contributed by atoms with E-state index in [2.05, 4.69) is 0 Å². The van der Waals surface area contributed by atoms with Crippen LogP contribution in [0.1, 0.15) is 18.4 Å². The van der Waals surface area contributed by atoms with Crippen molar-refractivity contribution in [2.24, 2.45) is 0 Å². The fourth-order valence-electron chi connectivity index (χ4n) is 1.27. The lowest BCUT2D eigenvalue weighted by Gasteiger charge is -2.15. The van der Waals surface area contributed by atoms with E-state index in [9.17, 15) is 8.78 Å². The van der Waals surface area contributed by atoms with Crippen molar-refractivity contribution in [2.45, 2.75) is 12.8 Å². The zero-order chi connectivity index (χ0) is 11.6. The van der Waals surface area contributed by atoms with Crippen LogP contribution in [0.4, 0.5) is 8.78 Å². The molecule has 2 nitrogen and oxygen atoms in total. The first-order valence-corrected chi connectivity index (χ1v) is 4.73. The third-order valence-electron chi connectivity index (χ3n) is 2.16. The Morgan fingerprint density at radius 2 is 2.07 bits per heavy atom. The first-order valence-electron chi connectivity index (χ1n) is 4.35. The Labute approximate surface area is 91.4 Å². The quantitative estimate of drug-likeness (QED) is 0.818. The minimum absolute atomic E-state index is 0.197. The molecule has 0 spiro atoms. The van der Waals surface area contributed by atoms with E-state index in [1.165, 1.54) is 13.2 Å². The highest BCUT2D eigenvalue weighted by molar-refractivity contribution is 6.30. The van der Waals surface area contributed by atoms with Crippen LogP contribution in [0.3, 0.4) is 0 Å². The van der Waals surface area contributed by atoms with Gasteiger partial charge in [0.2, 0.25) is 5.82 Å². The Balaban J connectivity index is 3.38. The van der Waals surface area contributed by atoms with Gasteiger partial charge in [-0.2, -0.15) is 4.39 Å². The summed E-state index contributed by atoms with van der Waals surface area (Å²) >= 11 is 5.50. The number of hydrogen-bond donors (Lipinski definition) is 1. The Morgan fingerprint density at radius 3 is 2.53 bits per heavy atom. The summed E-state index contributed by atoms with van der Waals surface area (Å²) in [5.74, 6) is -2.84. The number of hydrogen-bond acceptors (Lipinski definition) is 2. The largest absolute Gasteiger partial charge is 0.493 e. The van der Waals surface area contributed by atoms with Crippen molar-refractivity contribution >= 4 is 11.6 Å². The van der Waals surface area contributed by atoms with Gasteiger partial charge in [-0.25, -0.2) is 4.39 Å². The first-order chi connectivity index (χ1) is 7.02. The lowest BCUT2D eigenvalue weighted by atomic mass is 10.0. The third kappa shape index (κ3) is 2.21. The summed E-state index contributed by atoms with van der Waals surface area (Å²) in [6.45, 7) is 1.46. The van der Waals surface area contributed by atoms with Crippen molar-refractivity contribution in [1.82, 2.24) is 0 Å². The normalized spacial score (nSPS) is 12.7. The molecule has 0 bridgehead atoms. The predicted molar refractivity (Wildman–Crippen MR) is 53.4 cm³/mol. The van der Waals surface area contributed by atoms with E-state index in [0.717, 1.165) is 0 Å². The van der Waals surface area contributed by atoms with Gasteiger partial charge in [-0.1, -0.05) is 18.5 Å². The van der Waals surface area contributed by atoms with Crippen LogP contribution >= 0.6 is 11.6 Å². The molecule has 1 rings (SSSR count). The molecule has 0 radical (unpaired) electrons. The summed E-state index contributed by atoms with van der Waals surface area (Å²) in [7, 11) is 1.24. The van der Waals surface area contributed by atoms with Gasteiger partial charge in [0.25, 0.3) is 0 Å². The second-order valence-electron chi connectivity index (χ2n) is 3.19. The average molecular weight is 237 g/mol. The summed E-state index contributed by atoms with van der Waals surface area (Å²) < 4.78 is 31.2. The van der Waals surface area contributed by atoms with Crippen LogP contribution in [-0.4, -0.2) is 18.8 Å². The van der Waals surface area contributed by atoms with E-state index in [1.54, 1.807) is 6.92 Å². The Kier molecular flexibility index (Phi) is 3.88. The molecule has 1 N–H and O–H groups in total. The van der Waals surface area contributed by atoms with Crippen LogP contribution in [0.25, 0.3) is 0 Å². The maximum Gasteiger partial charge on any atom is 0.202 e. The number of rotatable bonds is 3. The van der Waals surface area contributed by atoms with E-state index < -0.39 is 11.6 Å². The third-order valence-corrected chi connectivity index (χ3v) is 2.43. The summed E-state index contributed by atoms with van der Waals surface area (Å²) in [6.07, 6.45) is 0. The monoisotopic (exact) mass is 236 g/mol. The predicted octanol–water partition coefficient (Wildman–Crippen LogP) is 2.72. The van der Waals surface area contributed by atoms with Crippen molar-refractivity contribution in [1.29, 1.82) is 0 Å². The molecule has 5 heteroatoms. The van der Waals surface area contributed by atoms with Gasteiger partial charge in [-0.05, 0) is 6.07 Å². The molecule has 15 heavy (non-hydrogen) atoms. The second-order valence-corrected chi connectivity index (χ2v) is 3.60. The number of aliphatic hydroxyl groups is 1. The highest BCUT2D eigenvalue weighted by atomic mass is 35.5. The number of methoxy groups -OCH3 is 1. The Bertz CT molecular complexity index is 369. The van der Waals surface area contributed by atoms with E-state index >= 15 is 0 Å². The summed E-state index contributed by atoms with van der Waals surface area (Å²) in [5, 5.41) is 8.63. The highest BCUT2D eigenvalue weighted by Gasteiger charge is 2.21. The number of ether oxygens (including phenoxy) is 1.